The lowest BCUT2D eigenvalue weighted by Crippen LogP contribution is -2.38. The van der Waals surface area contributed by atoms with Crippen LogP contribution in [0.15, 0.2) is 35.2 Å². The molecule has 0 aliphatic heterocycles. The largest absolute Gasteiger partial charge is 0.353 e. The van der Waals surface area contributed by atoms with Gasteiger partial charge in [0, 0.05) is 25.5 Å². The summed E-state index contributed by atoms with van der Waals surface area (Å²) in [5, 5.41) is 8.29. The molecule has 5 nitrogen and oxygen atoms in total. The number of guanidine groups is 1. The molecule has 0 unspecified atom stereocenters. The fraction of sp³-hybridized carbons (Fsp3) is 0.385. The maximum absolute atomic E-state index is 11.5. The molecule has 6 heteroatoms. The van der Waals surface area contributed by atoms with E-state index in [1.54, 1.807) is 31.5 Å². The number of nitrogens with zero attached hydrogens (tertiary/aromatic N) is 2. The minimum atomic E-state index is -0.0316. The van der Waals surface area contributed by atoms with Crippen LogP contribution in [0.4, 0.5) is 0 Å². The van der Waals surface area contributed by atoms with Gasteiger partial charge in [-0.1, -0.05) is 12.1 Å². The highest BCUT2D eigenvalue weighted by atomic mass is 32.1. The first kappa shape index (κ1) is 15.2. The smallest absolute Gasteiger partial charge is 0.243 e. The number of carbonyl (C=O) groups is 1. The zero-order chi connectivity index (χ0) is 14.1. The SMILES string of the molecule is C=CCNC(=NCC(=O)N(C)C)NCc1cccs1. The molecule has 0 bridgehead atoms. The van der Waals surface area contributed by atoms with E-state index in [2.05, 4.69) is 22.2 Å². The van der Waals surface area contributed by atoms with Gasteiger partial charge in [0.15, 0.2) is 5.96 Å². The van der Waals surface area contributed by atoms with Gasteiger partial charge >= 0.3 is 0 Å². The Labute approximate surface area is 118 Å². The van der Waals surface area contributed by atoms with E-state index in [9.17, 15) is 4.79 Å². The normalized spacial score (nSPS) is 10.9. The minimum Gasteiger partial charge on any atom is -0.353 e. The highest BCUT2D eigenvalue weighted by Crippen LogP contribution is 2.07. The summed E-state index contributed by atoms with van der Waals surface area (Å²) in [6.45, 7) is 5.07. The van der Waals surface area contributed by atoms with Crippen LogP contribution in [0.25, 0.3) is 0 Å². The van der Waals surface area contributed by atoms with Gasteiger partial charge in [-0.15, -0.1) is 17.9 Å². The van der Waals surface area contributed by atoms with Crippen molar-refractivity contribution in [3.8, 4) is 0 Å². The van der Waals surface area contributed by atoms with Crippen molar-refractivity contribution in [1.29, 1.82) is 0 Å². The standard InChI is InChI=1S/C13H20N4OS/c1-4-7-14-13(16-10-12(18)17(2)3)15-9-11-6-5-8-19-11/h4-6,8H,1,7,9-10H2,2-3H3,(H2,14,15,16). The highest BCUT2D eigenvalue weighted by molar-refractivity contribution is 7.09. The van der Waals surface area contributed by atoms with Crippen molar-refractivity contribution in [2.45, 2.75) is 6.54 Å². The summed E-state index contributed by atoms with van der Waals surface area (Å²) in [5.74, 6) is 0.583. The molecule has 1 rings (SSSR count). The third kappa shape index (κ3) is 6.05. The van der Waals surface area contributed by atoms with Crippen LogP contribution in [-0.4, -0.2) is 44.0 Å². The average molecular weight is 280 g/mol. The Balaban J connectivity index is 2.52. The van der Waals surface area contributed by atoms with Gasteiger partial charge in [-0.3, -0.25) is 4.79 Å². The Hall–Kier alpha value is -1.82. The molecule has 0 spiro atoms. The summed E-state index contributed by atoms with van der Waals surface area (Å²) in [7, 11) is 3.43. The molecule has 1 aromatic heterocycles. The zero-order valence-electron chi connectivity index (χ0n) is 11.3. The predicted molar refractivity (Wildman–Crippen MR) is 80.4 cm³/mol. The lowest BCUT2D eigenvalue weighted by atomic mass is 10.4. The fourth-order valence-electron chi connectivity index (χ4n) is 1.22. The van der Waals surface area contributed by atoms with Crippen LogP contribution in [-0.2, 0) is 11.3 Å². The molecule has 0 aliphatic carbocycles. The first-order valence-corrected chi connectivity index (χ1v) is 6.87. The molecule has 2 N–H and O–H groups in total. The molecule has 0 saturated heterocycles. The summed E-state index contributed by atoms with van der Waals surface area (Å²) in [5.41, 5.74) is 0. The second-order valence-electron chi connectivity index (χ2n) is 4.06. The van der Waals surface area contributed by atoms with Crippen molar-refractivity contribution in [1.82, 2.24) is 15.5 Å². The third-order valence-corrected chi connectivity index (χ3v) is 3.17. The van der Waals surface area contributed by atoms with E-state index in [0.29, 0.717) is 19.0 Å². The summed E-state index contributed by atoms with van der Waals surface area (Å²) < 4.78 is 0. The van der Waals surface area contributed by atoms with Crippen molar-refractivity contribution < 1.29 is 4.79 Å². The van der Waals surface area contributed by atoms with Crippen LogP contribution in [0, 0.1) is 0 Å². The molecule has 0 fully saturated rings. The first-order chi connectivity index (χ1) is 9.13. The topological polar surface area (TPSA) is 56.7 Å². The Morgan fingerprint density at radius 2 is 2.32 bits per heavy atom. The Kier molecular flexibility index (Phi) is 6.67. The Morgan fingerprint density at radius 1 is 1.53 bits per heavy atom. The van der Waals surface area contributed by atoms with Crippen molar-refractivity contribution in [3.63, 3.8) is 0 Å². The van der Waals surface area contributed by atoms with Crippen LogP contribution in [0.5, 0.6) is 0 Å². The second-order valence-corrected chi connectivity index (χ2v) is 5.09. The Bertz CT molecular complexity index is 426. The van der Waals surface area contributed by atoms with E-state index in [0.717, 1.165) is 0 Å². The zero-order valence-corrected chi connectivity index (χ0v) is 12.2. The van der Waals surface area contributed by atoms with Crippen molar-refractivity contribution >= 4 is 23.2 Å². The molecule has 0 atom stereocenters. The van der Waals surface area contributed by atoms with Gasteiger partial charge in [-0.05, 0) is 11.4 Å². The Morgan fingerprint density at radius 3 is 2.89 bits per heavy atom. The van der Waals surface area contributed by atoms with Crippen molar-refractivity contribution in [3.05, 3.63) is 35.0 Å². The number of hydrogen-bond donors (Lipinski definition) is 2. The average Bonchev–Trinajstić information content (AvgIpc) is 2.90. The summed E-state index contributed by atoms with van der Waals surface area (Å²) in [4.78, 5) is 18.5. The number of likely N-dealkylation sites (N-methyl/N-ethyl adjacent to an activating group) is 1. The number of aliphatic imine (C=N–C) groups is 1. The lowest BCUT2D eigenvalue weighted by Gasteiger charge is -2.12. The molecule has 104 valence electrons. The predicted octanol–water partition coefficient (Wildman–Crippen LogP) is 1.06. The van der Waals surface area contributed by atoms with E-state index in [4.69, 9.17) is 0 Å². The molecule has 0 radical (unpaired) electrons. The van der Waals surface area contributed by atoms with Crippen LogP contribution in [0.3, 0.4) is 0 Å². The molecule has 1 heterocycles. The highest BCUT2D eigenvalue weighted by Gasteiger charge is 2.04. The van der Waals surface area contributed by atoms with Gasteiger partial charge in [-0.2, -0.15) is 0 Å². The third-order valence-electron chi connectivity index (χ3n) is 2.30. The minimum absolute atomic E-state index is 0.0316. The number of nitrogens with one attached hydrogen (secondary N) is 2. The number of amides is 1. The molecule has 0 aromatic carbocycles. The van der Waals surface area contributed by atoms with E-state index in [-0.39, 0.29) is 12.5 Å². The molecular formula is C13H20N4OS. The summed E-state index contributed by atoms with van der Waals surface area (Å²) in [6.07, 6.45) is 1.75. The number of thiophene rings is 1. The molecule has 19 heavy (non-hydrogen) atoms. The van der Waals surface area contributed by atoms with Crippen LogP contribution in [0.2, 0.25) is 0 Å². The maximum atomic E-state index is 11.5. The van der Waals surface area contributed by atoms with Gasteiger partial charge in [0.25, 0.3) is 0 Å². The summed E-state index contributed by atoms with van der Waals surface area (Å²) >= 11 is 1.68. The number of rotatable bonds is 6. The fourth-order valence-corrected chi connectivity index (χ4v) is 1.86. The molecule has 1 amide bonds. The van der Waals surface area contributed by atoms with Crippen LogP contribution in [0.1, 0.15) is 4.88 Å². The second kappa shape index (κ2) is 8.31. The monoisotopic (exact) mass is 280 g/mol. The molecular weight excluding hydrogens is 260 g/mol. The van der Waals surface area contributed by atoms with E-state index in [1.165, 1.54) is 9.78 Å². The summed E-state index contributed by atoms with van der Waals surface area (Å²) in [6, 6.07) is 4.05. The van der Waals surface area contributed by atoms with E-state index >= 15 is 0 Å². The quantitative estimate of drug-likeness (QED) is 0.465. The van der Waals surface area contributed by atoms with E-state index in [1.807, 2.05) is 17.5 Å². The molecule has 0 saturated carbocycles. The van der Waals surface area contributed by atoms with Crippen LogP contribution < -0.4 is 10.6 Å². The van der Waals surface area contributed by atoms with Gasteiger partial charge < -0.3 is 15.5 Å². The number of carbonyl (C=O) groups excluding carboxylic acids is 1. The molecule has 1 aromatic rings. The van der Waals surface area contributed by atoms with Gasteiger partial charge in [0.05, 0.1) is 6.54 Å². The van der Waals surface area contributed by atoms with Gasteiger partial charge in [0.1, 0.15) is 6.54 Å². The maximum Gasteiger partial charge on any atom is 0.243 e. The van der Waals surface area contributed by atoms with Gasteiger partial charge in [0.2, 0.25) is 5.91 Å². The number of hydrogen-bond acceptors (Lipinski definition) is 3. The van der Waals surface area contributed by atoms with Crippen molar-refractivity contribution in [2.75, 3.05) is 27.2 Å². The van der Waals surface area contributed by atoms with Gasteiger partial charge in [-0.25, -0.2) is 4.99 Å². The van der Waals surface area contributed by atoms with Crippen LogP contribution >= 0.6 is 11.3 Å². The van der Waals surface area contributed by atoms with Crippen molar-refractivity contribution in [2.24, 2.45) is 4.99 Å². The van der Waals surface area contributed by atoms with E-state index < -0.39 is 0 Å². The molecule has 0 aliphatic rings. The first-order valence-electron chi connectivity index (χ1n) is 5.99. The lowest BCUT2D eigenvalue weighted by molar-refractivity contribution is -0.127.